The number of benzene rings is 4. The van der Waals surface area contributed by atoms with Crippen LogP contribution in [-0.2, 0) is 0 Å². The number of imidazole rings is 1. The Bertz CT molecular complexity index is 1250. The molecule has 0 amide bonds. The van der Waals surface area contributed by atoms with Crippen molar-refractivity contribution in [2.45, 2.75) is 0 Å². The van der Waals surface area contributed by atoms with Crippen molar-refractivity contribution in [3.05, 3.63) is 71.2 Å². The third kappa shape index (κ3) is 2.22. The van der Waals surface area contributed by atoms with Crippen molar-refractivity contribution in [2.75, 3.05) is 5.73 Å². The minimum atomic E-state index is 0.754. The number of H-pyrrole nitrogens is 1. The molecule has 0 aliphatic rings. The van der Waals surface area contributed by atoms with Crippen LogP contribution in [0.5, 0.6) is 0 Å². The number of nitrogen functional groups attached to an aromatic ring is 1. The first-order valence-corrected chi connectivity index (χ1v) is 8.85. The average molecular weight is 388 g/mol. The van der Waals surface area contributed by atoms with E-state index in [2.05, 4.69) is 63.4 Å². The lowest BCUT2D eigenvalue weighted by molar-refractivity contribution is 1.34. The van der Waals surface area contributed by atoms with Crippen LogP contribution in [-0.4, -0.2) is 9.97 Å². The standard InChI is InChI=1S/C21H14BrN3/c22-13-7-5-12(6-8-13)21-24-19-17-4-2-1-3-15(17)16-10-9-14(23)11-18(16)20(19)25-21/h1-11H,23H2,(H,24,25). The Kier molecular flexibility index (Phi) is 3.09. The molecule has 0 bridgehead atoms. The van der Waals surface area contributed by atoms with E-state index >= 15 is 0 Å². The number of aromatic nitrogens is 2. The fourth-order valence-electron chi connectivity index (χ4n) is 3.44. The summed E-state index contributed by atoms with van der Waals surface area (Å²) in [4.78, 5) is 8.42. The third-order valence-corrected chi connectivity index (χ3v) is 5.14. The molecule has 0 atom stereocenters. The summed E-state index contributed by atoms with van der Waals surface area (Å²) in [5, 5.41) is 4.63. The maximum absolute atomic E-state index is 6.05. The molecule has 4 heteroatoms. The molecule has 5 aromatic rings. The molecule has 0 radical (unpaired) electrons. The van der Waals surface area contributed by atoms with Gasteiger partial charge in [0, 0.05) is 26.5 Å². The number of nitrogens with one attached hydrogen (secondary N) is 1. The van der Waals surface area contributed by atoms with Crippen LogP contribution in [0, 0.1) is 0 Å². The van der Waals surface area contributed by atoms with E-state index in [0.29, 0.717) is 0 Å². The minimum Gasteiger partial charge on any atom is -0.399 e. The fraction of sp³-hybridized carbons (Fsp3) is 0. The van der Waals surface area contributed by atoms with E-state index in [-0.39, 0.29) is 0 Å². The zero-order chi connectivity index (χ0) is 17.0. The first-order valence-electron chi connectivity index (χ1n) is 8.06. The second-order valence-corrected chi connectivity index (χ2v) is 7.08. The highest BCUT2D eigenvalue weighted by Gasteiger charge is 2.13. The van der Waals surface area contributed by atoms with Gasteiger partial charge in [-0.3, -0.25) is 0 Å². The van der Waals surface area contributed by atoms with E-state index in [9.17, 15) is 0 Å². The Morgan fingerprint density at radius 1 is 0.800 bits per heavy atom. The molecule has 3 nitrogen and oxygen atoms in total. The molecule has 4 aromatic carbocycles. The van der Waals surface area contributed by atoms with E-state index in [1.165, 1.54) is 10.8 Å². The largest absolute Gasteiger partial charge is 0.399 e. The van der Waals surface area contributed by atoms with Crippen LogP contribution in [0.1, 0.15) is 0 Å². The zero-order valence-electron chi connectivity index (χ0n) is 13.3. The van der Waals surface area contributed by atoms with Crippen molar-refractivity contribution in [2.24, 2.45) is 0 Å². The topological polar surface area (TPSA) is 54.7 Å². The highest BCUT2D eigenvalue weighted by molar-refractivity contribution is 9.10. The molecule has 120 valence electrons. The normalized spacial score (nSPS) is 11.6. The molecule has 0 fully saturated rings. The van der Waals surface area contributed by atoms with Crippen molar-refractivity contribution in [3.63, 3.8) is 0 Å². The van der Waals surface area contributed by atoms with Gasteiger partial charge in [-0.25, -0.2) is 4.98 Å². The fourth-order valence-corrected chi connectivity index (χ4v) is 3.70. The van der Waals surface area contributed by atoms with Gasteiger partial charge >= 0.3 is 0 Å². The van der Waals surface area contributed by atoms with Gasteiger partial charge in [0.2, 0.25) is 0 Å². The smallest absolute Gasteiger partial charge is 0.138 e. The number of hydrogen-bond acceptors (Lipinski definition) is 2. The summed E-state index contributed by atoms with van der Waals surface area (Å²) < 4.78 is 1.05. The monoisotopic (exact) mass is 387 g/mol. The molecule has 0 saturated carbocycles. The summed E-state index contributed by atoms with van der Waals surface area (Å²) in [5.41, 5.74) is 9.87. The van der Waals surface area contributed by atoms with Gasteiger partial charge in [-0.05, 0) is 35.0 Å². The molecule has 0 unspecified atom stereocenters. The number of anilines is 1. The first kappa shape index (κ1) is 14.5. The van der Waals surface area contributed by atoms with Gasteiger partial charge in [-0.15, -0.1) is 0 Å². The van der Waals surface area contributed by atoms with Gasteiger partial charge < -0.3 is 10.7 Å². The Morgan fingerprint density at radius 2 is 1.52 bits per heavy atom. The Hall–Kier alpha value is -2.85. The minimum absolute atomic E-state index is 0.754. The Morgan fingerprint density at radius 3 is 2.32 bits per heavy atom. The molecule has 1 aromatic heterocycles. The first-order chi connectivity index (χ1) is 12.2. The number of aromatic amines is 1. The molecule has 0 aliphatic heterocycles. The van der Waals surface area contributed by atoms with Crippen LogP contribution in [0.25, 0.3) is 44.0 Å². The van der Waals surface area contributed by atoms with Crippen LogP contribution >= 0.6 is 15.9 Å². The van der Waals surface area contributed by atoms with Crippen LogP contribution < -0.4 is 5.73 Å². The van der Waals surface area contributed by atoms with E-state index in [0.717, 1.165) is 43.4 Å². The van der Waals surface area contributed by atoms with Gasteiger partial charge in [-0.1, -0.05) is 58.4 Å². The summed E-state index contributed by atoms with van der Waals surface area (Å²) in [5.74, 6) is 0.863. The Labute approximate surface area is 152 Å². The van der Waals surface area contributed by atoms with Gasteiger partial charge in [-0.2, -0.15) is 0 Å². The van der Waals surface area contributed by atoms with Crippen molar-refractivity contribution < 1.29 is 0 Å². The second kappa shape index (κ2) is 5.33. The van der Waals surface area contributed by atoms with Crippen molar-refractivity contribution in [1.29, 1.82) is 0 Å². The quantitative estimate of drug-likeness (QED) is 0.278. The van der Waals surface area contributed by atoms with E-state index in [1.54, 1.807) is 0 Å². The predicted molar refractivity (Wildman–Crippen MR) is 109 cm³/mol. The number of hydrogen-bond donors (Lipinski definition) is 2. The second-order valence-electron chi connectivity index (χ2n) is 6.17. The average Bonchev–Trinajstić information content (AvgIpc) is 3.08. The van der Waals surface area contributed by atoms with Crippen LogP contribution in [0.4, 0.5) is 5.69 Å². The maximum atomic E-state index is 6.05. The molecule has 25 heavy (non-hydrogen) atoms. The molecule has 0 saturated heterocycles. The molecular weight excluding hydrogens is 374 g/mol. The van der Waals surface area contributed by atoms with Crippen molar-refractivity contribution >= 4 is 54.2 Å². The molecule has 0 spiro atoms. The number of fused-ring (bicyclic) bond motifs is 6. The van der Waals surface area contributed by atoms with Crippen LogP contribution in [0.15, 0.2) is 71.2 Å². The predicted octanol–water partition coefficient (Wildman–Crippen LogP) is 5.88. The number of rotatable bonds is 1. The molecule has 5 rings (SSSR count). The molecular formula is C21H14BrN3. The van der Waals surface area contributed by atoms with Crippen molar-refractivity contribution in [1.82, 2.24) is 9.97 Å². The summed E-state index contributed by atoms with van der Waals surface area (Å²) >= 11 is 3.48. The van der Waals surface area contributed by atoms with Crippen molar-refractivity contribution in [3.8, 4) is 11.4 Å². The van der Waals surface area contributed by atoms with Gasteiger partial charge in [0.15, 0.2) is 0 Å². The van der Waals surface area contributed by atoms with E-state index in [1.807, 2.05) is 24.3 Å². The number of nitrogens with zero attached hydrogens (tertiary/aromatic N) is 1. The Balaban J connectivity index is 1.94. The molecule has 0 aliphatic carbocycles. The highest BCUT2D eigenvalue weighted by atomic mass is 79.9. The van der Waals surface area contributed by atoms with Gasteiger partial charge in [0.05, 0.1) is 11.0 Å². The van der Waals surface area contributed by atoms with Crippen LogP contribution in [0.2, 0.25) is 0 Å². The highest BCUT2D eigenvalue weighted by Crippen LogP contribution is 2.36. The molecule has 1 heterocycles. The van der Waals surface area contributed by atoms with Crippen LogP contribution in [0.3, 0.4) is 0 Å². The summed E-state index contributed by atoms with van der Waals surface area (Å²) in [6.45, 7) is 0. The summed E-state index contributed by atoms with van der Waals surface area (Å²) in [6, 6.07) is 22.6. The summed E-state index contributed by atoms with van der Waals surface area (Å²) in [6.07, 6.45) is 0. The van der Waals surface area contributed by atoms with E-state index < -0.39 is 0 Å². The SMILES string of the molecule is Nc1ccc2c3ccccc3c3nc(-c4ccc(Br)cc4)[nH]c3c2c1. The molecule has 3 N–H and O–H groups in total. The lowest BCUT2D eigenvalue weighted by atomic mass is 9.99. The van der Waals surface area contributed by atoms with Gasteiger partial charge in [0.1, 0.15) is 5.82 Å². The number of halogens is 1. The lowest BCUT2D eigenvalue weighted by Crippen LogP contribution is -1.86. The van der Waals surface area contributed by atoms with E-state index in [4.69, 9.17) is 10.7 Å². The maximum Gasteiger partial charge on any atom is 0.138 e. The summed E-state index contributed by atoms with van der Waals surface area (Å²) in [7, 11) is 0. The zero-order valence-corrected chi connectivity index (χ0v) is 14.8. The van der Waals surface area contributed by atoms with Gasteiger partial charge in [0.25, 0.3) is 0 Å². The number of nitrogens with two attached hydrogens (primary N) is 1. The lowest BCUT2D eigenvalue weighted by Gasteiger charge is -2.06. The third-order valence-electron chi connectivity index (χ3n) is 4.61.